The van der Waals surface area contributed by atoms with E-state index in [1.165, 1.54) is 13.2 Å². The molecule has 0 radical (unpaired) electrons. The maximum atomic E-state index is 12.3. The highest BCUT2D eigenvalue weighted by Crippen LogP contribution is 2.43. The number of rotatable bonds is 4. The van der Waals surface area contributed by atoms with Crippen LogP contribution >= 0.6 is 0 Å². The number of benzene rings is 1. The molecule has 1 aliphatic carbocycles. The molecule has 0 aliphatic heterocycles. The molecule has 1 N–H and O–H groups in total. The van der Waals surface area contributed by atoms with Crippen LogP contribution < -0.4 is 4.74 Å². The molecule has 0 bridgehead atoms. The van der Waals surface area contributed by atoms with E-state index in [2.05, 4.69) is 0 Å². The highest BCUT2D eigenvalue weighted by molar-refractivity contribution is 5.96. The lowest BCUT2D eigenvalue weighted by atomic mass is 9.62. The zero-order valence-electron chi connectivity index (χ0n) is 14.8. The first-order valence-electron chi connectivity index (χ1n) is 7.84. The van der Waals surface area contributed by atoms with Crippen LogP contribution in [0.15, 0.2) is 30.4 Å². The van der Waals surface area contributed by atoms with E-state index >= 15 is 0 Å². The number of ketones is 1. The summed E-state index contributed by atoms with van der Waals surface area (Å²) in [4.78, 5) is 24.1. The quantitative estimate of drug-likeness (QED) is 0.858. The van der Waals surface area contributed by atoms with Gasteiger partial charge in [0.25, 0.3) is 0 Å². The number of esters is 1. The summed E-state index contributed by atoms with van der Waals surface area (Å²) in [7, 11) is 2.87. The van der Waals surface area contributed by atoms with Crippen LogP contribution in [0.5, 0.6) is 5.75 Å². The van der Waals surface area contributed by atoms with Crippen LogP contribution in [0.2, 0.25) is 0 Å². The van der Waals surface area contributed by atoms with Gasteiger partial charge in [0.15, 0.2) is 5.78 Å². The molecule has 0 fully saturated rings. The molecular weight excluding hydrogens is 308 g/mol. The van der Waals surface area contributed by atoms with Crippen molar-refractivity contribution in [2.45, 2.75) is 32.8 Å². The smallest absolute Gasteiger partial charge is 0.337 e. The molecule has 1 aliphatic rings. The molecule has 5 heteroatoms. The van der Waals surface area contributed by atoms with Gasteiger partial charge in [-0.3, -0.25) is 4.79 Å². The Balaban J connectivity index is 2.46. The van der Waals surface area contributed by atoms with Gasteiger partial charge in [0, 0.05) is 11.3 Å². The highest BCUT2D eigenvalue weighted by Gasteiger charge is 2.47. The zero-order valence-corrected chi connectivity index (χ0v) is 14.8. The third-order valence-electron chi connectivity index (χ3n) is 4.91. The topological polar surface area (TPSA) is 72.8 Å². The molecule has 0 amide bonds. The summed E-state index contributed by atoms with van der Waals surface area (Å²) in [5.41, 5.74) is -0.709. The van der Waals surface area contributed by atoms with Crippen LogP contribution in [0.4, 0.5) is 0 Å². The monoisotopic (exact) mass is 332 g/mol. The zero-order chi connectivity index (χ0) is 18.1. The van der Waals surface area contributed by atoms with Gasteiger partial charge in [0.1, 0.15) is 5.75 Å². The average molecular weight is 332 g/mol. The van der Waals surface area contributed by atoms with E-state index in [0.29, 0.717) is 17.7 Å². The van der Waals surface area contributed by atoms with Crippen molar-refractivity contribution in [1.29, 1.82) is 0 Å². The third kappa shape index (κ3) is 3.22. The first-order chi connectivity index (χ1) is 11.1. The Labute approximate surface area is 142 Å². The number of aliphatic hydroxyl groups is 1. The minimum atomic E-state index is -1.14. The fraction of sp³-hybridized carbons (Fsp3) is 0.474. The maximum Gasteiger partial charge on any atom is 0.337 e. The van der Waals surface area contributed by atoms with Gasteiger partial charge in [-0.2, -0.15) is 0 Å². The molecule has 0 saturated carbocycles. The highest BCUT2D eigenvalue weighted by atomic mass is 16.5. The van der Waals surface area contributed by atoms with Crippen molar-refractivity contribution < 1.29 is 24.2 Å². The van der Waals surface area contributed by atoms with Gasteiger partial charge in [0.2, 0.25) is 0 Å². The summed E-state index contributed by atoms with van der Waals surface area (Å²) in [6, 6.07) is 5.02. The molecule has 0 aromatic heterocycles. The third-order valence-corrected chi connectivity index (χ3v) is 4.91. The molecule has 5 nitrogen and oxygen atoms in total. The Morgan fingerprint density at radius 3 is 2.50 bits per heavy atom. The molecule has 0 spiro atoms. The number of carbonyl (C=O) groups is 2. The maximum absolute atomic E-state index is 12.3. The molecular formula is C19H24O5. The lowest BCUT2D eigenvalue weighted by molar-refractivity contribution is -0.132. The van der Waals surface area contributed by atoms with Gasteiger partial charge in [-0.05, 0) is 49.3 Å². The molecule has 130 valence electrons. The Hall–Kier alpha value is -2.14. The van der Waals surface area contributed by atoms with Crippen molar-refractivity contribution in [3.63, 3.8) is 0 Å². The largest absolute Gasteiger partial charge is 0.496 e. The number of methoxy groups -OCH3 is 2. The van der Waals surface area contributed by atoms with E-state index in [1.54, 1.807) is 38.3 Å². The van der Waals surface area contributed by atoms with E-state index in [1.807, 2.05) is 13.8 Å². The second-order valence-electron chi connectivity index (χ2n) is 6.92. The molecule has 0 saturated heterocycles. The second-order valence-corrected chi connectivity index (χ2v) is 6.92. The summed E-state index contributed by atoms with van der Waals surface area (Å²) < 4.78 is 10.1. The molecule has 0 heterocycles. The Morgan fingerprint density at radius 2 is 1.92 bits per heavy atom. The average Bonchev–Trinajstić information content (AvgIpc) is 2.55. The van der Waals surface area contributed by atoms with Crippen LogP contribution in [0, 0.1) is 11.3 Å². The van der Waals surface area contributed by atoms with Gasteiger partial charge in [-0.15, -0.1) is 0 Å². The first-order valence-corrected chi connectivity index (χ1v) is 7.84. The number of ether oxygens (including phenoxy) is 2. The van der Waals surface area contributed by atoms with E-state index in [9.17, 15) is 14.7 Å². The van der Waals surface area contributed by atoms with Gasteiger partial charge in [-0.25, -0.2) is 4.79 Å². The van der Waals surface area contributed by atoms with Gasteiger partial charge in [0.05, 0.1) is 25.4 Å². The van der Waals surface area contributed by atoms with Crippen molar-refractivity contribution in [1.82, 2.24) is 0 Å². The van der Waals surface area contributed by atoms with Crippen LogP contribution in [0.25, 0.3) is 0 Å². The number of hydrogen-bond acceptors (Lipinski definition) is 5. The SMILES string of the molecule is COC(=O)c1ccc(OC)c(CC2C(C)(C)C(=O)C=C[C@@]2(C)O)c1. The van der Waals surface area contributed by atoms with E-state index in [4.69, 9.17) is 9.47 Å². The molecule has 2 atom stereocenters. The van der Waals surface area contributed by atoms with E-state index in [0.717, 1.165) is 5.56 Å². The summed E-state index contributed by atoms with van der Waals surface area (Å²) in [6.07, 6.45) is 3.38. The van der Waals surface area contributed by atoms with E-state index in [-0.39, 0.29) is 11.7 Å². The van der Waals surface area contributed by atoms with Crippen LogP contribution in [-0.2, 0) is 16.0 Å². The van der Waals surface area contributed by atoms with Gasteiger partial charge in [-0.1, -0.05) is 13.8 Å². The summed E-state index contributed by atoms with van der Waals surface area (Å²) in [6.45, 7) is 5.35. The second kappa shape index (κ2) is 6.40. The number of allylic oxidation sites excluding steroid dienone is 1. The van der Waals surface area contributed by atoms with Gasteiger partial charge < -0.3 is 14.6 Å². The molecule has 1 aromatic rings. The lowest BCUT2D eigenvalue weighted by Gasteiger charge is -2.43. The van der Waals surface area contributed by atoms with E-state index < -0.39 is 17.0 Å². The van der Waals surface area contributed by atoms with Crippen molar-refractivity contribution >= 4 is 11.8 Å². The fourth-order valence-electron chi connectivity index (χ4n) is 3.34. The Bertz CT molecular complexity index is 685. The molecule has 24 heavy (non-hydrogen) atoms. The Morgan fingerprint density at radius 1 is 1.25 bits per heavy atom. The summed E-state index contributed by atoms with van der Waals surface area (Å²) in [5, 5.41) is 10.8. The van der Waals surface area contributed by atoms with Crippen molar-refractivity contribution in [2.24, 2.45) is 11.3 Å². The van der Waals surface area contributed by atoms with Crippen molar-refractivity contribution in [3.05, 3.63) is 41.5 Å². The van der Waals surface area contributed by atoms with Crippen molar-refractivity contribution in [2.75, 3.05) is 14.2 Å². The normalized spacial score (nSPS) is 25.4. The first kappa shape index (κ1) is 18.2. The minimum Gasteiger partial charge on any atom is -0.496 e. The Kier molecular flexibility index (Phi) is 4.85. The number of carbonyl (C=O) groups excluding carboxylic acids is 2. The summed E-state index contributed by atoms with van der Waals surface area (Å²) in [5.74, 6) is -0.216. The fourth-order valence-corrected chi connectivity index (χ4v) is 3.34. The number of hydrogen-bond donors (Lipinski definition) is 1. The molecule has 1 aromatic carbocycles. The minimum absolute atomic E-state index is 0.0258. The molecule has 1 unspecified atom stereocenters. The van der Waals surface area contributed by atoms with Crippen LogP contribution in [0.3, 0.4) is 0 Å². The lowest BCUT2D eigenvalue weighted by Crippen LogP contribution is -2.49. The predicted molar refractivity (Wildman–Crippen MR) is 90.1 cm³/mol. The van der Waals surface area contributed by atoms with Crippen molar-refractivity contribution in [3.8, 4) is 5.75 Å². The van der Waals surface area contributed by atoms with Crippen LogP contribution in [0.1, 0.15) is 36.7 Å². The summed E-state index contributed by atoms with van der Waals surface area (Å²) >= 11 is 0. The van der Waals surface area contributed by atoms with Gasteiger partial charge >= 0.3 is 5.97 Å². The van der Waals surface area contributed by atoms with Crippen LogP contribution in [-0.4, -0.2) is 36.7 Å². The predicted octanol–water partition coefficient (Wildman–Crippen LogP) is 2.56. The molecule has 2 rings (SSSR count). The standard InChI is InChI=1S/C19H24O5/c1-18(2)15(19(3,22)9-8-16(18)20)11-13-10-12(17(21)24-5)6-7-14(13)23-4/h6-10,15,22H,11H2,1-5H3/t15?,19-/m1/s1.